The zero-order valence-electron chi connectivity index (χ0n) is 21.0. The molecular formula is C26H27ClN2O7S2. The Morgan fingerprint density at radius 3 is 2.47 bits per heavy atom. The number of benzene rings is 2. The van der Waals surface area contributed by atoms with E-state index in [1.165, 1.54) is 38.4 Å². The standard InChI is InChI=1S/C26H27ClN2O7S2/c1-4-38(32,33)26(15(2)35-23(30)13-28)36-20-10-9-19(12-21(20)34-3)29-14-17-11-22(37-24(17)25(29)31)16-5-7-18(27)8-6-16/h5-12,15,26H,4,13-14,28H2,1-3H3/t15?,26-/m0/s1. The number of sulfone groups is 1. The van der Waals surface area contributed by atoms with Crippen molar-refractivity contribution in [2.45, 2.75) is 31.9 Å². The summed E-state index contributed by atoms with van der Waals surface area (Å²) in [5.74, 6) is -0.777. The molecule has 12 heteroatoms. The van der Waals surface area contributed by atoms with Gasteiger partial charge in [-0.25, -0.2) is 8.42 Å². The number of esters is 1. The van der Waals surface area contributed by atoms with E-state index in [1.54, 1.807) is 17.0 Å². The number of carbonyl (C=O) groups excluding carboxylic acids is 2. The van der Waals surface area contributed by atoms with Gasteiger partial charge in [0, 0.05) is 21.7 Å². The number of hydrogen-bond donors (Lipinski definition) is 1. The van der Waals surface area contributed by atoms with Gasteiger partial charge in [0.15, 0.2) is 27.4 Å². The first-order chi connectivity index (χ1) is 18.1. The molecule has 1 aliphatic heterocycles. The van der Waals surface area contributed by atoms with E-state index < -0.39 is 33.9 Å². The molecule has 202 valence electrons. The number of nitrogens with two attached hydrogens (primary N) is 1. The van der Waals surface area contributed by atoms with Crippen molar-refractivity contribution in [3.63, 3.8) is 0 Å². The summed E-state index contributed by atoms with van der Waals surface area (Å²) in [6.45, 7) is 2.88. The third kappa shape index (κ3) is 5.65. The van der Waals surface area contributed by atoms with Crippen molar-refractivity contribution in [1.82, 2.24) is 0 Å². The molecule has 0 fully saturated rings. The Balaban J connectivity index is 1.57. The second kappa shape index (κ2) is 11.3. The van der Waals surface area contributed by atoms with Crippen LogP contribution in [0.3, 0.4) is 0 Å². The summed E-state index contributed by atoms with van der Waals surface area (Å²) in [7, 11) is -2.38. The highest BCUT2D eigenvalue weighted by Gasteiger charge is 2.36. The van der Waals surface area contributed by atoms with Crippen molar-refractivity contribution in [2.24, 2.45) is 5.73 Å². The van der Waals surface area contributed by atoms with Crippen molar-refractivity contribution >= 4 is 50.3 Å². The van der Waals surface area contributed by atoms with Crippen LogP contribution in [0.4, 0.5) is 5.69 Å². The van der Waals surface area contributed by atoms with E-state index in [4.69, 9.17) is 31.5 Å². The normalized spacial score (nSPS) is 14.7. The average molecular weight is 579 g/mol. The largest absolute Gasteiger partial charge is 0.493 e. The molecule has 0 saturated carbocycles. The first-order valence-electron chi connectivity index (χ1n) is 11.7. The molecule has 0 radical (unpaired) electrons. The summed E-state index contributed by atoms with van der Waals surface area (Å²) in [5.41, 5.74) is 6.28. The fourth-order valence-electron chi connectivity index (χ4n) is 4.04. The van der Waals surface area contributed by atoms with Crippen molar-refractivity contribution in [2.75, 3.05) is 24.3 Å². The number of methoxy groups -OCH3 is 1. The molecule has 2 aromatic carbocycles. The van der Waals surface area contributed by atoms with Crippen LogP contribution in [0.5, 0.6) is 11.5 Å². The molecule has 2 heterocycles. The van der Waals surface area contributed by atoms with E-state index in [-0.39, 0.29) is 23.2 Å². The van der Waals surface area contributed by atoms with Crippen LogP contribution in [0, 0.1) is 0 Å². The topological polar surface area (TPSA) is 125 Å². The molecule has 1 aromatic heterocycles. The molecule has 3 aromatic rings. The molecule has 4 rings (SSSR count). The third-order valence-corrected chi connectivity index (χ3v) is 9.49. The molecule has 38 heavy (non-hydrogen) atoms. The quantitative estimate of drug-likeness (QED) is 0.354. The van der Waals surface area contributed by atoms with E-state index in [0.29, 0.717) is 22.1 Å². The number of amides is 1. The van der Waals surface area contributed by atoms with Crippen LogP contribution in [0.25, 0.3) is 10.4 Å². The molecule has 0 spiro atoms. The van der Waals surface area contributed by atoms with E-state index in [1.807, 2.05) is 30.3 Å². The minimum Gasteiger partial charge on any atom is -0.493 e. The lowest BCUT2D eigenvalue weighted by molar-refractivity contribution is -0.148. The summed E-state index contributed by atoms with van der Waals surface area (Å²) in [5, 5.41) is 0.645. The van der Waals surface area contributed by atoms with E-state index in [0.717, 1.165) is 16.0 Å². The maximum atomic E-state index is 13.3. The number of halogens is 1. The zero-order valence-corrected chi connectivity index (χ0v) is 23.4. The molecule has 0 saturated heterocycles. The van der Waals surface area contributed by atoms with Crippen LogP contribution in [0.2, 0.25) is 5.02 Å². The monoisotopic (exact) mass is 578 g/mol. The maximum Gasteiger partial charge on any atom is 0.320 e. The van der Waals surface area contributed by atoms with Gasteiger partial charge < -0.3 is 24.8 Å². The van der Waals surface area contributed by atoms with Gasteiger partial charge >= 0.3 is 5.97 Å². The first-order valence-corrected chi connectivity index (χ1v) is 14.6. The number of carbonyl (C=O) groups is 2. The molecule has 1 aliphatic rings. The van der Waals surface area contributed by atoms with Gasteiger partial charge in [-0.05, 0) is 48.4 Å². The van der Waals surface area contributed by atoms with Gasteiger partial charge in [0.1, 0.15) is 0 Å². The minimum absolute atomic E-state index is 0.125. The van der Waals surface area contributed by atoms with Crippen molar-refractivity contribution in [1.29, 1.82) is 0 Å². The zero-order chi connectivity index (χ0) is 27.6. The Labute approximate surface area is 230 Å². The summed E-state index contributed by atoms with van der Waals surface area (Å²) >= 11 is 7.40. The summed E-state index contributed by atoms with van der Waals surface area (Å²) in [6.07, 6.45) is -1.12. The van der Waals surface area contributed by atoms with Gasteiger partial charge in [0.05, 0.1) is 30.8 Å². The van der Waals surface area contributed by atoms with Crippen molar-refractivity contribution in [3.8, 4) is 21.9 Å². The predicted octanol–water partition coefficient (Wildman–Crippen LogP) is 4.27. The smallest absolute Gasteiger partial charge is 0.320 e. The van der Waals surface area contributed by atoms with Gasteiger partial charge in [0.25, 0.3) is 5.91 Å². The number of hydrogen-bond acceptors (Lipinski definition) is 9. The van der Waals surface area contributed by atoms with E-state index in [2.05, 4.69) is 0 Å². The molecule has 0 aliphatic carbocycles. The lowest BCUT2D eigenvalue weighted by Gasteiger charge is -2.26. The highest BCUT2D eigenvalue weighted by atomic mass is 35.5. The Morgan fingerprint density at radius 1 is 1.16 bits per heavy atom. The van der Waals surface area contributed by atoms with E-state index in [9.17, 15) is 18.0 Å². The lowest BCUT2D eigenvalue weighted by Crippen LogP contribution is -2.42. The SMILES string of the molecule is CCS(=O)(=O)[C@H](Oc1ccc(N2Cc3cc(-c4ccc(Cl)cc4)sc3C2=O)cc1OC)C(C)OC(=O)CN. The fourth-order valence-corrected chi connectivity index (χ4v) is 6.51. The Hall–Kier alpha value is -3.12. The van der Waals surface area contributed by atoms with Gasteiger partial charge in [-0.2, -0.15) is 0 Å². The van der Waals surface area contributed by atoms with Crippen LogP contribution in [0.15, 0.2) is 48.5 Å². The van der Waals surface area contributed by atoms with E-state index >= 15 is 0 Å². The molecular weight excluding hydrogens is 552 g/mol. The van der Waals surface area contributed by atoms with Crippen LogP contribution >= 0.6 is 22.9 Å². The second-order valence-electron chi connectivity index (χ2n) is 8.54. The summed E-state index contributed by atoms with van der Waals surface area (Å²) in [4.78, 5) is 28.2. The molecule has 1 unspecified atom stereocenters. The van der Waals surface area contributed by atoms with Crippen LogP contribution in [0.1, 0.15) is 29.1 Å². The number of fused-ring (bicyclic) bond motifs is 1. The first kappa shape index (κ1) is 27.9. The molecule has 0 bridgehead atoms. The van der Waals surface area contributed by atoms with Crippen LogP contribution in [-0.4, -0.2) is 51.2 Å². The number of rotatable bonds is 10. The van der Waals surface area contributed by atoms with Crippen molar-refractivity contribution in [3.05, 3.63) is 64.0 Å². The highest BCUT2D eigenvalue weighted by Crippen LogP contribution is 2.41. The molecule has 2 N–H and O–H groups in total. The fraction of sp³-hybridized carbons (Fsp3) is 0.308. The number of nitrogens with zero attached hydrogens (tertiary/aromatic N) is 1. The second-order valence-corrected chi connectivity index (χ2v) is 12.4. The highest BCUT2D eigenvalue weighted by molar-refractivity contribution is 7.91. The number of ether oxygens (including phenoxy) is 3. The van der Waals surface area contributed by atoms with Crippen molar-refractivity contribution < 1.29 is 32.2 Å². The van der Waals surface area contributed by atoms with Crippen LogP contribution in [-0.2, 0) is 25.9 Å². The van der Waals surface area contributed by atoms with Crippen LogP contribution < -0.4 is 20.1 Å². The minimum atomic E-state index is -3.80. The maximum absolute atomic E-state index is 13.3. The summed E-state index contributed by atoms with van der Waals surface area (Å²) in [6, 6.07) is 14.2. The molecule has 2 atom stereocenters. The number of thiophene rings is 1. The predicted molar refractivity (Wildman–Crippen MR) is 147 cm³/mol. The Kier molecular flexibility index (Phi) is 8.31. The van der Waals surface area contributed by atoms with Gasteiger partial charge in [-0.15, -0.1) is 11.3 Å². The average Bonchev–Trinajstić information content (AvgIpc) is 3.46. The van der Waals surface area contributed by atoms with Gasteiger partial charge in [-0.3, -0.25) is 9.59 Å². The Morgan fingerprint density at radius 2 is 1.87 bits per heavy atom. The molecule has 1 amide bonds. The van der Waals surface area contributed by atoms with Gasteiger partial charge in [0.2, 0.25) is 5.44 Å². The Bertz CT molecular complexity index is 1450. The molecule has 9 nitrogen and oxygen atoms in total. The van der Waals surface area contributed by atoms with Gasteiger partial charge in [-0.1, -0.05) is 30.7 Å². The lowest BCUT2D eigenvalue weighted by atomic mass is 10.1. The third-order valence-electron chi connectivity index (χ3n) is 6.03. The number of anilines is 1. The summed E-state index contributed by atoms with van der Waals surface area (Å²) < 4.78 is 41.9.